The smallest absolute Gasteiger partial charge is 0.325 e. The number of nitrogens with two attached hydrogens (primary N) is 1. The first-order valence-electron chi connectivity index (χ1n) is 8.30. The standard InChI is InChI=1S/C20H21N3O2S/c1-13(2)18-12-22-20(26-18)23(19(21)24)16-10-9-15(11-17(16)25-3)14-7-5-4-6-8-14/h4-13H,1-3H3,(H2,21,24). The Morgan fingerprint density at radius 1 is 1.15 bits per heavy atom. The van der Waals surface area contributed by atoms with Crippen LogP contribution in [0.4, 0.5) is 15.6 Å². The van der Waals surface area contributed by atoms with Crippen LogP contribution in [-0.4, -0.2) is 18.1 Å². The molecule has 0 aliphatic carbocycles. The van der Waals surface area contributed by atoms with E-state index < -0.39 is 6.03 Å². The van der Waals surface area contributed by atoms with E-state index in [1.165, 1.54) is 16.2 Å². The minimum absolute atomic E-state index is 0.332. The molecule has 0 radical (unpaired) electrons. The second-order valence-corrected chi connectivity index (χ2v) is 7.17. The third-order valence-corrected chi connectivity index (χ3v) is 5.30. The molecule has 2 N–H and O–H groups in total. The molecule has 0 spiro atoms. The van der Waals surface area contributed by atoms with Crippen molar-refractivity contribution in [2.75, 3.05) is 12.0 Å². The molecular weight excluding hydrogens is 346 g/mol. The van der Waals surface area contributed by atoms with E-state index in [4.69, 9.17) is 10.5 Å². The first-order chi connectivity index (χ1) is 12.5. The SMILES string of the molecule is COc1cc(-c2ccccc2)ccc1N(C(N)=O)c1ncc(C(C)C)s1. The van der Waals surface area contributed by atoms with Crippen LogP contribution in [0.1, 0.15) is 24.6 Å². The summed E-state index contributed by atoms with van der Waals surface area (Å²) in [5.74, 6) is 0.893. The Bertz CT molecular complexity index is 906. The van der Waals surface area contributed by atoms with Crippen LogP contribution < -0.4 is 15.4 Å². The maximum atomic E-state index is 12.2. The number of hydrogen-bond acceptors (Lipinski definition) is 4. The molecule has 1 aromatic heterocycles. The Hall–Kier alpha value is -2.86. The number of anilines is 2. The summed E-state index contributed by atoms with van der Waals surface area (Å²) in [6, 6.07) is 15.1. The van der Waals surface area contributed by atoms with Crippen molar-refractivity contribution in [3.63, 3.8) is 0 Å². The first kappa shape index (κ1) is 17.9. The van der Waals surface area contributed by atoms with Crippen molar-refractivity contribution in [3.05, 3.63) is 59.6 Å². The number of carbonyl (C=O) groups is 1. The lowest BCUT2D eigenvalue weighted by Crippen LogP contribution is -2.31. The third-order valence-electron chi connectivity index (χ3n) is 4.02. The van der Waals surface area contributed by atoms with Gasteiger partial charge in [-0.05, 0) is 29.2 Å². The lowest BCUT2D eigenvalue weighted by atomic mass is 10.0. The Labute approximate surface area is 157 Å². The van der Waals surface area contributed by atoms with E-state index in [1.54, 1.807) is 13.3 Å². The lowest BCUT2D eigenvalue weighted by Gasteiger charge is -2.20. The molecular formula is C20H21N3O2S. The Morgan fingerprint density at radius 3 is 2.46 bits per heavy atom. The van der Waals surface area contributed by atoms with Gasteiger partial charge in [0.2, 0.25) is 0 Å². The van der Waals surface area contributed by atoms with Crippen LogP contribution in [0.25, 0.3) is 11.1 Å². The molecule has 0 saturated heterocycles. The molecule has 3 aromatic rings. The average molecular weight is 367 g/mol. The normalized spacial score (nSPS) is 10.8. The van der Waals surface area contributed by atoms with Gasteiger partial charge in [0.25, 0.3) is 0 Å². The van der Waals surface area contributed by atoms with Crippen LogP contribution in [0, 0.1) is 0 Å². The van der Waals surface area contributed by atoms with E-state index >= 15 is 0 Å². The van der Waals surface area contributed by atoms with Gasteiger partial charge < -0.3 is 10.5 Å². The van der Waals surface area contributed by atoms with E-state index in [2.05, 4.69) is 18.8 Å². The highest BCUT2D eigenvalue weighted by molar-refractivity contribution is 7.16. The van der Waals surface area contributed by atoms with Gasteiger partial charge in [0.1, 0.15) is 5.75 Å². The Balaban J connectivity index is 2.05. The van der Waals surface area contributed by atoms with Crippen LogP contribution in [0.2, 0.25) is 0 Å². The zero-order chi connectivity index (χ0) is 18.7. The molecule has 0 saturated carbocycles. The quantitative estimate of drug-likeness (QED) is 0.677. The molecule has 26 heavy (non-hydrogen) atoms. The molecule has 2 aromatic carbocycles. The number of aromatic nitrogens is 1. The number of methoxy groups -OCH3 is 1. The Kier molecular flexibility index (Phi) is 5.23. The van der Waals surface area contributed by atoms with Gasteiger partial charge in [-0.2, -0.15) is 0 Å². The maximum Gasteiger partial charge on any atom is 0.325 e. The van der Waals surface area contributed by atoms with Crippen molar-refractivity contribution in [2.24, 2.45) is 5.73 Å². The molecule has 0 atom stereocenters. The number of rotatable bonds is 5. The fourth-order valence-corrected chi connectivity index (χ4v) is 3.57. The van der Waals surface area contributed by atoms with Crippen LogP contribution in [0.15, 0.2) is 54.7 Å². The summed E-state index contributed by atoms with van der Waals surface area (Å²) in [5.41, 5.74) is 8.30. The second-order valence-electron chi connectivity index (χ2n) is 6.13. The monoisotopic (exact) mass is 367 g/mol. The predicted octanol–water partition coefficient (Wildman–Crippen LogP) is 5.16. The first-order valence-corrected chi connectivity index (χ1v) is 9.11. The molecule has 2 amide bonds. The van der Waals surface area contributed by atoms with Gasteiger partial charge in [0.05, 0.1) is 12.8 Å². The van der Waals surface area contributed by atoms with Gasteiger partial charge in [-0.3, -0.25) is 0 Å². The number of benzene rings is 2. The van der Waals surface area contributed by atoms with Crippen molar-refractivity contribution in [3.8, 4) is 16.9 Å². The van der Waals surface area contributed by atoms with Crippen LogP contribution in [-0.2, 0) is 0 Å². The van der Waals surface area contributed by atoms with Crippen molar-refractivity contribution in [1.29, 1.82) is 0 Å². The maximum absolute atomic E-state index is 12.2. The van der Waals surface area contributed by atoms with Crippen molar-refractivity contribution in [1.82, 2.24) is 4.98 Å². The fraction of sp³-hybridized carbons (Fsp3) is 0.200. The second kappa shape index (κ2) is 7.58. The average Bonchev–Trinajstić information content (AvgIpc) is 3.12. The lowest BCUT2D eigenvalue weighted by molar-refractivity contribution is 0.256. The Morgan fingerprint density at radius 2 is 1.88 bits per heavy atom. The van der Waals surface area contributed by atoms with Gasteiger partial charge in [-0.1, -0.05) is 50.2 Å². The van der Waals surface area contributed by atoms with Gasteiger partial charge in [0, 0.05) is 11.1 Å². The summed E-state index contributed by atoms with van der Waals surface area (Å²) in [6.07, 6.45) is 1.78. The summed E-state index contributed by atoms with van der Waals surface area (Å²) in [6.45, 7) is 4.17. The summed E-state index contributed by atoms with van der Waals surface area (Å²) < 4.78 is 5.54. The molecule has 0 fully saturated rings. The summed E-state index contributed by atoms with van der Waals surface area (Å²) in [7, 11) is 1.58. The van der Waals surface area contributed by atoms with Crippen molar-refractivity contribution >= 4 is 28.2 Å². The van der Waals surface area contributed by atoms with Crippen molar-refractivity contribution in [2.45, 2.75) is 19.8 Å². The van der Waals surface area contributed by atoms with E-state index in [1.807, 2.05) is 48.5 Å². The van der Waals surface area contributed by atoms with Gasteiger partial charge >= 0.3 is 6.03 Å². The molecule has 6 heteroatoms. The van der Waals surface area contributed by atoms with Crippen LogP contribution in [0.5, 0.6) is 5.75 Å². The highest BCUT2D eigenvalue weighted by Crippen LogP contribution is 2.39. The van der Waals surface area contributed by atoms with Crippen molar-refractivity contribution < 1.29 is 9.53 Å². The van der Waals surface area contributed by atoms with E-state index in [0.29, 0.717) is 22.5 Å². The summed E-state index contributed by atoms with van der Waals surface area (Å²) in [5, 5.41) is 0.534. The van der Waals surface area contributed by atoms with E-state index in [0.717, 1.165) is 16.0 Å². The largest absolute Gasteiger partial charge is 0.495 e. The zero-order valence-corrected chi connectivity index (χ0v) is 15.8. The zero-order valence-electron chi connectivity index (χ0n) is 15.0. The van der Waals surface area contributed by atoms with Crippen LogP contribution in [0.3, 0.4) is 0 Å². The minimum atomic E-state index is -0.597. The number of nitrogens with zero attached hydrogens (tertiary/aromatic N) is 2. The number of ether oxygens (including phenoxy) is 1. The predicted molar refractivity (Wildman–Crippen MR) is 106 cm³/mol. The summed E-state index contributed by atoms with van der Waals surface area (Å²) in [4.78, 5) is 19.0. The topological polar surface area (TPSA) is 68.5 Å². The fourth-order valence-electron chi connectivity index (χ4n) is 2.64. The number of urea groups is 1. The number of carbonyl (C=O) groups excluding carboxylic acids is 1. The molecule has 5 nitrogen and oxygen atoms in total. The number of amides is 2. The minimum Gasteiger partial charge on any atom is -0.495 e. The molecule has 0 bridgehead atoms. The highest BCUT2D eigenvalue weighted by Gasteiger charge is 2.23. The van der Waals surface area contributed by atoms with Gasteiger partial charge in [0.15, 0.2) is 5.13 Å². The number of primary amides is 1. The van der Waals surface area contributed by atoms with E-state index in [-0.39, 0.29) is 0 Å². The summed E-state index contributed by atoms with van der Waals surface area (Å²) >= 11 is 1.45. The number of hydrogen-bond donors (Lipinski definition) is 1. The molecule has 134 valence electrons. The molecule has 0 unspecified atom stereocenters. The molecule has 0 aliphatic heterocycles. The van der Waals surface area contributed by atoms with E-state index in [9.17, 15) is 4.79 Å². The number of thiazole rings is 1. The molecule has 1 heterocycles. The molecule has 0 aliphatic rings. The third kappa shape index (κ3) is 3.55. The highest BCUT2D eigenvalue weighted by atomic mass is 32.1. The van der Waals surface area contributed by atoms with Gasteiger partial charge in [-0.25, -0.2) is 14.7 Å². The van der Waals surface area contributed by atoms with Gasteiger partial charge in [-0.15, -0.1) is 11.3 Å². The molecule has 3 rings (SSSR count). The van der Waals surface area contributed by atoms with Crippen LogP contribution >= 0.6 is 11.3 Å².